The van der Waals surface area contributed by atoms with Gasteiger partial charge in [0.05, 0.1) is 10.7 Å². The Morgan fingerprint density at radius 3 is 2.75 bits per heavy atom. The summed E-state index contributed by atoms with van der Waals surface area (Å²) in [6.45, 7) is 5.15. The van der Waals surface area contributed by atoms with Crippen molar-refractivity contribution >= 4 is 17.3 Å². The van der Waals surface area contributed by atoms with E-state index in [0.29, 0.717) is 0 Å². The molecule has 0 aliphatic heterocycles. The van der Waals surface area contributed by atoms with Crippen LogP contribution in [0.2, 0.25) is 0 Å². The van der Waals surface area contributed by atoms with Crippen molar-refractivity contribution < 1.29 is 0 Å². The van der Waals surface area contributed by atoms with Gasteiger partial charge in [-0.1, -0.05) is 6.92 Å². The van der Waals surface area contributed by atoms with Crippen molar-refractivity contribution in [2.45, 2.75) is 26.7 Å². The second-order valence-electron chi connectivity index (χ2n) is 3.46. The highest BCUT2D eigenvalue weighted by Crippen LogP contribution is 2.17. The molecule has 0 bridgehead atoms. The van der Waals surface area contributed by atoms with Crippen LogP contribution in [0.25, 0.3) is 0 Å². The van der Waals surface area contributed by atoms with E-state index >= 15 is 0 Å². The van der Waals surface area contributed by atoms with E-state index in [0.717, 1.165) is 25.3 Å². The normalized spacial score (nSPS) is 11.6. The molecule has 0 saturated heterocycles. The maximum absolute atomic E-state index is 4.60. The molecule has 0 unspecified atom stereocenters. The first-order chi connectivity index (χ1) is 7.71. The van der Waals surface area contributed by atoms with Crippen LogP contribution in [0, 0.1) is 6.92 Å². The van der Waals surface area contributed by atoms with Gasteiger partial charge in [-0.05, 0) is 13.3 Å². The van der Waals surface area contributed by atoms with Gasteiger partial charge in [-0.25, -0.2) is 4.98 Å². The first-order valence-corrected chi connectivity index (χ1v) is 6.36. The highest BCUT2D eigenvalue weighted by Gasteiger charge is 2.05. The molecule has 1 aromatic heterocycles. The monoisotopic (exact) mass is 240 g/mol. The molecule has 0 atom stereocenters. The van der Waals surface area contributed by atoms with Crippen LogP contribution in [-0.2, 0) is 12.8 Å². The quantitative estimate of drug-likeness (QED) is 0.617. The van der Waals surface area contributed by atoms with E-state index in [4.69, 9.17) is 0 Å². The molecular formula is C11H20N4S. The minimum absolute atomic E-state index is 0.823. The molecule has 5 heteroatoms. The fourth-order valence-electron chi connectivity index (χ4n) is 1.49. The van der Waals surface area contributed by atoms with Crippen molar-refractivity contribution in [1.82, 2.24) is 15.6 Å². The topological polar surface area (TPSA) is 49.3 Å². The summed E-state index contributed by atoms with van der Waals surface area (Å²) in [5.74, 6) is 0.823. The van der Waals surface area contributed by atoms with Gasteiger partial charge in [0.15, 0.2) is 5.96 Å². The number of nitrogens with one attached hydrogen (secondary N) is 2. The lowest BCUT2D eigenvalue weighted by molar-refractivity contribution is 0.824. The summed E-state index contributed by atoms with van der Waals surface area (Å²) in [5, 5.41) is 7.41. The van der Waals surface area contributed by atoms with Crippen LogP contribution in [-0.4, -0.2) is 31.6 Å². The third kappa shape index (κ3) is 3.48. The largest absolute Gasteiger partial charge is 0.359 e. The second kappa shape index (κ2) is 6.48. The number of aliphatic imine (C=N–C) groups is 1. The van der Waals surface area contributed by atoms with Crippen LogP contribution in [0.3, 0.4) is 0 Å². The highest BCUT2D eigenvalue weighted by atomic mass is 32.1. The molecule has 0 aromatic carbocycles. The fraction of sp³-hybridized carbons (Fsp3) is 0.636. The molecule has 1 heterocycles. The van der Waals surface area contributed by atoms with Crippen LogP contribution in [0.1, 0.15) is 22.5 Å². The van der Waals surface area contributed by atoms with Gasteiger partial charge in [0.1, 0.15) is 0 Å². The van der Waals surface area contributed by atoms with Crippen molar-refractivity contribution in [3.63, 3.8) is 0 Å². The smallest absolute Gasteiger partial charge is 0.190 e. The molecule has 16 heavy (non-hydrogen) atoms. The summed E-state index contributed by atoms with van der Waals surface area (Å²) in [4.78, 5) is 9.99. The van der Waals surface area contributed by atoms with Crippen LogP contribution in [0.15, 0.2) is 4.99 Å². The fourth-order valence-corrected chi connectivity index (χ4v) is 2.51. The zero-order valence-corrected chi connectivity index (χ0v) is 11.2. The third-order valence-corrected chi connectivity index (χ3v) is 3.44. The van der Waals surface area contributed by atoms with Gasteiger partial charge in [0.25, 0.3) is 0 Å². The van der Waals surface area contributed by atoms with Gasteiger partial charge in [-0.15, -0.1) is 11.3 Å². The number of nitrogens with zero attached hydrogens (tertiary/aromatic N) is 2. The minimum atomic E-state index is 0.823. The van der Waals surface area contributed by atoms with Crippen molar-refractivity contribution in [2.24, 2.45) is 4.99 Å². The number of guanidine groups is 1. The highest BCUT2D eigenvalue weighted by molar-refractivity contribution is 7.11. The molecule has 0 aliphatic rings. The van der Waals surface area contributed by atoms with Crippen LogP contribution >= 0.6 is 11.3 Å². The summed E-state index contributed by atoms with van der Waals surface area (Å²) >= 11 is 1.79. The van der Waals surface area contributed by atoms with Crippen LogP contribution in [0.5, 0.6) is 0 Å². The number of aromatic nitrogens is 1. The SMILES string of the molecule is CCc1nc(CCNC(=NC)NC)sc1C. The van der Waals surface area contributed by atoms with Crippen molar-refractivity contribution in [3.8, 4) is 0 Å². The molecule has 0 fully saturated rings. The molecule has 0 spiro atoms. The first-order valence-electron chi connectivity index (χ1n) is 5.54. The molecule has 0 aliphatic carbocycles. The third-order valence-electron chi connectivity index (χ3n) is 2.36. The molecule has 1 rings (SSSR count). The summed E-state index contributed by atoms with van der Waals surface area (Å²) in [6, 6.07) is 0. The van der Waals surface area contributed by atoms with Crippen LogP contribution < -0.4 is 10.6 Å². The number of hydrogen-bond donors (Lipinski definition) is 2. The van der Waals surface area contributed by atoms with E-state index in [1.807, 2.05) is 7.05 Å². The first kappa shape index (κ1) is 13.0. The summed E-state index contributed by atoms with van der Waals surface area (Å²) < 4.78 is 0. The zero-order chi connectivity index (χ0) is 12.0. The van der Waals surface area contributed by atoms with Crippen molar-refractivity contribution in [1.29, 1.82) is 0 Å². The standard InChI is InChI=1S/C11H20N4S/c1-5-9-8(2)16-10(15-9)6-7-14-11(12-3)13-4/h5-7H2,1-4H3,(H2,12,13,14). The molecule has 0 radical (unpaired) electrons. The number of hydrogen-bond acceptors (Lipinski definition) is 3. The molecule has 2 N–H and O–H groups in total. The predicted octanol–water partition coefficient (Wildman–Crippen LogP) is 1.35. The Hall–Kier alpha value is -1.10. The summed E-state index contributed by atoms with van der Waals surface area (Å²) in [6.07, 6.45) is 1.97. The van der Waals surface area contributed by atoms with Gasteiger partial charge in [-0.3, -0.25) is 4.99 Å². The Kier molecular flexibility index (Phi) is 5.25. The van der Waals surface area contributed by atoms with Gasteiger partial charge in [0.2, 0.25) is 0 Å². The molecule has 0 saturated carbocycles. The number of rotatable bonds is 4. The van der Waals surface area contributed by atoms with E-state index in [2.05, 4.69) is 34.5 Å². The van der Waals surface area contributed by atoms with E-state index in [-0.39, 0.29) is 0 Å². The molecule has 4 nitrogen and oxygen atoms in total. The Morgan fingerprint density at radius 2 is 2.25 bits per heavy atom. The summed E-state index contributed by atoms with van der Waals surface area (Å²) in [7, 11) is 3.62. The Bertz CT molecular complexity index is 357. The van der Waals surface area contributed by atoms with Crippen molar-refractivity contribution in [2.75, 3.05) is 20.6 Å². The van der Waals surface area contributed by atoms with E-state index in [9.17, 15) is 0 Å². The lowest BCUT2D eigenvalue weighted by Crippen LogP contribution is -2.35. The van der Waals surface area contributed by atoms with Gasteiger partial charge >= 0.3 is 0 Å². The lowest BCUT2D eigenvalue weighted by atomic mass is 10.3. The van der Waals surface area contributed by atoms with Gasteiger partial charge < -0.3 is 10.6 Å². The van der Waals surface area contributed by atoms with E-state index < -0.39 is 0 Å². The molecule has 0 amide bonds. The second-order valence-corrected chi connectivity index (χ2v) is 4.75. The molecular weight excluding hydrogens is 220 g/mol. The maximum Gasteiger partial charge on any atom is 0.190 e. The predicted molar refractivity (Wildman–Crippen MR) is 70.4 cm³/mol. The van der Waals surface area contributed by atoms with Crippen LogP contribution in [0.4, 0.5) is 0 Å². The average Bonchev–Trinajstić information content (AvgIpc) is 2.65. The Labute approximate surface area is 101 Å². The summed E-state index contributed by atoms with van der Waals surface area (Å²) in [5.41, 5.74) is 1.23. The van der Waals surface area contributed by atoms with E-state index in [1.165, 1.54) is 15.6 Å². The number of thiazole rings is 1. The average molecular weight is 240 g/mol. The number of aryl methyl sites for hydroxylation is 2. The maximum atomic E-state index is 4.60. The Balaban J connectivity index is 2.43. The van der Waals surface area contributed by atoms with Crippen molar-refractivity contribution in [3.05, 3.63) is 15.6 Å². The lowest BCUT2D eigenvalue weighted by Gasteiger charge is -2.06. The van der Waals surface area contributed by atoms with Gasteiger partial charge in [0, 0.05) is 31.9 Å². The molecule has 1 aromatic rings. The zero-order valence-electron chi connectivity index (χ0n) is 10.4. The molecule has 90 valence electrons. The Morgan fingerprint density at radius 1 is 1.50 bits per heavy atom. The van der Waals surface area contributed by atoms with E-state index in [1.54, 1.807) is 18.4 Å². The van der Waals surface area contributed by atoms with Gasteiger partial charge in [-0.2, -0.15) is 0 Å². The minimum Gasteiger partial charge on any atom is -0.359 e.